The Morgan fingerprint density at radius 1 is 1.12 bits per heavy atom. The summed E-state index contributed by atoms with van der Waals surface area (Å²) in [6.07, 6.45) is -0.160. The number of amides is 2. The van der Waals surface area contributed by atoms with E-state index in [9.17, 15) is 33.8 Å². The molecule has 2 aromatic rings. The molecule has 2 aliphatic rings. The molecule has 2 amide bonds. The number of carboxylic acids is 1. The SMILES string of the molecule is CC1(C)S(=O)[C@@H]2C(NC(=O)Cc3ccccc3)C(=O)N2C1(Cc1ccc([N+](=O)[O-])cc1)C(=O)O. The monoisotopic (exact) mass is 485 g/mol. The number of hydrogen-bond acceptors (Lipinski definition) is 6. The zero-order valence-electron chi connectivity index (χ0n) is 18.5. The number of non-ortho nitro benzene ring substituents is 1. The first-order chi connectivity index (χ1) is 16.0. The first-order valence-corrected chi connectivity index (χ1v) is 11.8. The molecule has 4 atom stereocenters. The lowest BCUT2D eigenvalue weighted by atomic mass is 9.76. The molecule has 2 N–H and O–H groups in total. The van der Waals surface area contributed by atoms with Gasteiger partial charge in [0.05, 0.1) is 26.9 Å². The molecule has 2 aliphatic heterocycles. The van der Waals surface area contributed by atoms with Crippen LogP contribution in [0, 0.1) is 10.1 Å². The molecular formula is C23H23N3O7S. The minimum atomic E-state index is -1.85. The third-order valence-corrected chi connectivity index (χ3v) is 8.92. The van der Waals surface area contributed by atoms with Crippen LogP contribution >= 0.6 is 0 Å². The second kappa shape index (κ2) is 8.32. The Hall–Kier alpha value is -3.60. The van der Waals surface area contributed by atoms with Crippen molar-refractivity contribution < 1.29 is 28.6 Å². The van der Waals surface area contributed by atoms with Gasteiger partial charge in [-0.1, -0.05) is 42.5 Å². The topological polar surface area (TPSA) is 147 Å². The average molecular weight is 486 g/mol. The lowest BCUT2D eigenvalue weighted by Crippen LogP contribution is -2.76. The fourth-order valence-electron chi connectivity index (χ4n) is 4.75. The minimum absolute atomic E-state index is 0.0280. The lowest BCUT2D eigenvalue weighted by Gasteiger charge is -2.49. The maximum Gasteiger partial charge on any atom is 0.331 e. The van der Waals surface area contributed by atoms with E-state index in [-0.39, 0.29) is 18.5 Å². The Balaban J connectivity index is 1.62. The van der Waals surface area contributed by atoms with Crippen molar-refractivity contribution in [2.24, 2.45) is 0 Å². The predicted octanol–water partition coefficient (Wildman–Crippen LogP) is 1.40. The molecule has 178 valence electrons. The normalized spacial score (nSPS) is 26.9. The highest BCUT2D eigenvalue weighted by Gasteiger charge is 2.76. The third kappa shape index (κ3) is 3.47. The quantitative estimate of drug-likeness (QED) is 0.342. The van der Waals surface area contributed by atoms with E-state index in [1.807, 2.05) is 6.07 Å². The van der Waals surface area contributed by atoms with Gasteiger partial charge >= 0.3 is 5.97 Å². The summed E-state index contributed by atoms with van der Waals surface area (Å²) in [5.41, 5.74) is -0.810. The van der Waals surface area contributed by atoms with E-state index in [0.717, 1.165) is 10.5 Å². The van der Waals surface area contributed by atoms with E-state index in [1.54, 1.807) is 24.3 Å². The number of nitro groups is 1. The molecule has 2 heterocycles. The molecule has 3 unspecified atom stereocenters. The highest BCUT2D eigenvalue weighted by atomic mass is 32.2. The summed E-state index contributed by atoms with van der Waals surface area (Å²) >= 11 is 0. The number of fused-ring (bicyclic) bond motifs is 1. The van der Waals surface area contributed by atoms with E-state index in [1.165, 1.54) is 38.1 Å². The van der Waals surface area contributed by atoms with Crippen molar-refractivity contribution in [3.05, 3.63) is 75.8 Å². The number of carbonyl (C=O) groups excluding carboxylic acids is 2. The number of rotatable bonds is 7. The number of aliphatic carboxylic acids is 1. The van der Waals surface area contributed by atoms with Gasteiger partial charge in [-0.3, -0.25) is 23.9 Å². The van der Waals surface area contributed by atoms with Crippen molar-refractivity contribution in [1.29, 1.82) is 0 Å². The number of nitrogens with one attached hydrogen (secondary N) is 1. The average Bonchev–Trinajstić information content (AvgIpc) is 2.95. The van der Waals surface area contributed by atoms with Crippen LogP contribution in [0.3, 0.4) is 0 Å². The maximum atomic E-state index is 13.5. The number of β-lactam (4-membered cyclic amide) rings is 1. The van der Waals surface area contributed by atoms with Crippen LogP contribution in [0.4, 0.5) is 5.69 Å². The van der Waals surface area contributed by atoms with Gasteiger partial charge in [0.1, 0.15) is 11.4 Å². The van der Waals surface area contributed by atoms with Gasteiger partial charge in [-0.2, -0.15) is 0 Å². The molecule has 0 aromatic heterocycles. The van der Waals surface area contributed by atoms with Crippen molar-refractivity contribution in [2.75, 3.05) is 0 Å². The Labute approximate surface area is 197 Å². The van der Waals surface area contributed by atoms with Crippen LogP contribution in [0.2, 0.25) is 0 Å². The van der Waals surface area contributed by atoms with Crippen molar-refractivity contribution in [1.82, 2.24) is 10.2 Å². The summed E-state index contributed by atoms with van der Waals surface area (Å²) in [7, 11) is -1.81. The van der Waals surface area contributed by atoms with Gasteiger partial charge in [-0.15, -0.1) is 0 Å². The number of nitro benzene ring substituents is 1. The first-order valence-electron chi connectivity index (χ1n) is 10.5. The molecule has 2 fully saturated rings. The molecule has 2 aromatic carbocycles. The Bertz CT molecular complexity index is 1200. The summed E-state index contributed by atoms with van der Waals surface area (Å²) < 4.78 is 12.1. The van der Waals surface area contributed by atoms with Gasteiger partial charge in [-0.25, -0.2) is 4.79 Å². The maximum absolute atomic E-state index is 13.5. The zero-order valence-corrected chi connectivity index (χ0v) is 19.3. The second-order valence-electron chi connectivity index (χ2n) is 8.88. The molecule has 4 rings (SSSR count). The number of benzene rings is 2. The molecule has 2 saturated heterocycles. The molecule has 0 aliphatic carbocycles. The molecule has 0 bridgehead atoms. The summed E-state index contributed by atoms with van der Waals surface area (Å²) in [5.74, 6) is -2.37. The zero-order chi connectivity index (χ0) is 24.8. The standard InChI is InChI=1S/C23H23N3O7S/c1-22(2)23(21(29)30,13-15-8-10-16(11-9-15)26(31)32)25-19(28)18(20(25)34(22)33)24-17(27)12-14-6-4-3-5-7-14/h3-11,18,20H,12-13H2,1-2H3,(H,24,27)(H,29,30)/t18?,20-,23?,34?/m1/s1. The summed E-state index contributed by atoms with van der Waals surface area (Å²) in [6, 6.07) is 13.2. The van der Waals surface area contributed by atoms with Gasteiger partial charge in [0.15, 0.2) is 5.54 Å². The van der Waals surface area contributed by atoms with E-state index in [2.05, 4.69) is 5.32 Å². The van der Waals surface area contributed by atoms with Crippen molar-refractivity contribution in [2.45, 2.75) is 48.4 Å². The highest BCUT2D eigenvalue weighted by molar-refractivity contribution is 7.87. The smallest absolute Gasteiger partial charge is 0.331 e. The molecule has 0 spiro atoms. The van der Waals surface area contributed by atoms with Crippen LogP contribution in [0.1, 0.15) is 25.0 Å². The van der Waals surface area contributed by atoms with Crippen LogP contribution in [0.25, 0.3) is 0 Å². The van der Waals surface area contributed by atoms with Crippen LogP contribution in [-0.4, -0.2) is 58.6 Å². The Kier molecular flexibility index (Phi) is 5.76. The van der Waals surface area contributed by atoms with Crippen molar-refractivity contribution in [3.63, 3.8) is 0 Å². The third-order valence-electron chi connectivity index (χ3n) is 6.66. The van der Waals surface area contributed by atoms with Crippen LogP contribution in [0.5, 0.6) is 0 Å². The van der Waals surface area contributed by atoms with Crippen LogP contribution < -0.4 is 5.32 Å². The lowest BCUT2D eigenvalue weighted by molar-refractivity contribution is -0.384. The van der Waals surface area contributed by atoms with Crippen molar-refractivity contribution >= 4 is 34.3 Å². The predicted molar refractivity (Wildman–Crippen MR) is 122 cm³/mol. The number of carbonyl (C=O) groups is 3. The van der Waals surface area contributed by atoms with E-state index in [4.69, 9.17) is 0 Å². The van der Waals surface area contributed by atoms with Crippen molar-refractivity contribution in [3.8, 4) is 0 Å². The van der Waals surface area contributed by atoms with Crippen LogP contribution in [-0.2, 0) is 38.0 Å². The molecule has 10 nitrogen and oxygen atoms in total. The van der Waals surface area contributed by atoms with Gasteiger partial charge in [-0.05, 0) is 25.0 Å². The first kappa shape index (κ1) is 23.6. The van der Waals surface area contributed by atoms with Gasteiger partial charge in [0, 0.05) is 18.6 Å². The molecule has 0 radical (unpaired) electrons. The van der Waals surface area contributed by atoms with E-state index < -0.39 is 55.2 Å². The summed E-state index contributed by atoms with van der Waals surface area (Å²) in [5, 5.41) is 22.9. The van der Waals surface area contributed by atoms with Gasteiger partial charge < -0.3 is 15.3 Å². The van der Waals surface area contributed by atoms with Gasteiger partial charge in [0.2, 0.25) is 11.8 Å². The molecule has 34 heavy (non-hydrogen) atoms. The van der Waals surface area contributed by atoms with Gasteiger partial charge in [0.25, 0.3) is 5.69 Å². The van der Waals surface area contributed by atoms with E-state index in [0.29, 0.717) is 5.56 Å². The molecular weight excluding hydrogens is 462 g/mol. The summed E-state index contributed by atoms with van der Waals surface area (Å²) in [4.78, 5) is 49.8. The number of nitrogens with zero attached hydrogens (tertiary/aromatic N) is 2. The number of carboxylic acid groups (broad SMARTS) is 1. The molecule has 11 heteroatoms. The molecule has 0 saturated carbocycles. The largest absolute Gasteiger partial charge is 0.479 e. The number of hydrogen-bond donors (Lipinski definition) is 2. The van der Waals surface area contributed by atoms with E-state index >= 15 is 0 Å². The summed E-state index contributed by atoms with van der Waals surface area (Å²) in [6.45, 7) is 3.05. The highest BCUT2D eigenvalue weighted by Crippen LogP contribution is 2.52. The fourth-order valence-corrected chi connectivity index (χ4v) is 6.85. The fraction of sp³-hybridized carbons (Fsp3) is 0.348. The van der Waals surface area contributed by atoms with Crippen LogP contribution in [0.15, 0.2) is 54.6 Å². The minimum Gasteiger partial charge on any atom is -0.479 e. The Morgan fingerprint density at radius 3 is 2.29 bits per heavy atom. The Morgan fingerprint density at radius 2 is 1.74 bits per heavy atom. The second-order valence-corrected chi connectivity index (χ2v) is 11.0.